The van der Waals surface area contributed by atoms with Gasteiger partial charge in [0, 0.05) is 60.1 Å². The Labute approximate surface area is 225 Å². The second-order valence-corrected chi connectivity index (χ2v) is 10.9. The summed E-state index contributed by atoms with van der Waals surface area (Å²) in [7, 11) is 0. The zero-order chi connectivity index (χ0) is 27.1. The van der Waals surface area contributed by atoms with Crippen molar-refractivity contribution in [1.29, 1.82) is 0 Å². The summed E-state index contributed by atoms with van der Waals surface area (Å²) in [4.78, 5) is 41.2. The average Bonchev–Trinajstić information content (AvgIpc) is 3.32. The highest BCUT2D eigenvalue weighted by Gasteiger charge is 2.25. The van der Waals surface area contributed by atoms with Crippen molar-refractivity contribution >= 4 is 33.8 Å². The molecule has 0 radical (unpaired) electrons. The van der Waals surface area contributed by atoms with E-state index in [1.54, 1.807) is 30.9 Å². The molecule has 5 aromatic rings. The predicted octanol–water partition coefficient (Wildman–Crippen LogP) is 5.43. The van der Waals surface area contributed by atoms with Crippen LogP contribution in [-0.2, 0) is 4.74 Å². The molecule has 1 fully saturated rings. The van der Waals surface area contributed by atoms with Crippen molar-refractivity contribution < 1.29 is 9.53 Å². The Bertz CT molecular complexity index is 1740. The Balaban J connectivity index is 1.36. The summed E-state index contributed by atoms with van der Waals surface area (Å²) in [6, 6.07) is 15.4. The van der Waals surface area contributed by atoms with E-state index in [9.17, 15) is 9.59 Å². The van der Waals surface area contributed by atoms with Crippen LogP contribution in [0.25, 0.3) is 33.1 Å². The van der Waals surface area contributed by atoms with Crippen molar-refractivity contribution in [3.63, 3.8) is 0 Å². The highest BCUT2D eigenvalue weighted by atomic mass is 16.6. The summed E-state index contributed by atoms with van der Waals surface area (Å²) in [5.74, 6) is 0.870. The molecule has 0 saturated carbocycles. The molecule has 4 aromatic heterocycles. The maximum Gasteiger partial charge on any atom is 0.420 e. The second-order valence-electron chi connectivity index (χ2n) is 10.9. The van der Waals surface area contributed by atoms with Gasteiger partial charge in [0.15, 0.2) is 0 Å². The number of pyridine rings is 2. The van der Waals surface area contributed by atoms with E-state index in [1.807, 2.05) is 61.9 Å². The number of aromatic nitrogens is 5. The zero-order valence-electron chi connectivity index (χ0n) is 22.2. The van der Waals surface area contributed by atoms with E-state index in [4.69, 9.17) is 4.74 Å². The Hall–Kier alpha value is -4.53. The van der Waals surface area contributed by atoms with Crippen molar-refractivity contribution in [2.24, 2.45) is 0 Å². The molecule has 1 aromatic carbocycles. The monoisotopic (exact) mass is 522 g/mol. The fraction of sp³-hybridized carbons (Fsp3) is 0.300. The van der Waals surface area contributed by atoms with E-state index < -0.39 is 11.7 Å². The van der Waals surface area contributed by atoms with Crippen LogP contribution in [0.1, 0.15) is 39.7 Å². The average molecular weight is 523 g/mol. The van der Waals surface area contributed by atoms with Crippen molar-refractivity contribution in [3.05, 3.63) is 83.8 Å². The van der Waals surface area contributed by atoms with Gasteiger partial charge in [-0.1, -0.05) is 12.1 Å². The van der Waals surface area contributed by atoms with Gasteiger partial charge in [0.2, 0.25) is 0 Å². The van der Waals surface area contributed by atoms with Crippen LogP contribution >= 0.6 is 0 Å². The number of benzene rings is 1. The smallest absolute Gasteiger partial charge is 0.420 e. The summed E-state index contributed by atoms with van der Waals surface area (Å²) in [6.07, 6.45) is 8.17. The molecule has 0 spiro atoms. The fourth-order valence-corrected chi connectivity index (χ4v) is 5.30. The molecule has 9 heteroatoms. The number of rotatable bonds is 3. The Morgan fingerprint density at radius 3 is 2.56 bits per heavy atom. The van der Waals surface area contributed by atoms with Crippen LogP contribution < -0.4 is 10.5 Å². The van der Waals surface area contributed by atoms with Crippen LogP contribution in [0, 0.1) is 0 Å². The number of anilines is 1. The summed E-state index contributed by atoms with van der Waals surface area (Å²) >= 11 is 0. The summed E-state index contributed by atoms with van der Waals surface area (Å²) < 4.78 is 8.94. The lowest BCUT2D eigenvalue weighted by Crippen LogP contribution is -2.37. The van der Waals surface area contributed by atoms with Gasteiger partial charge in [0.1, 0.15) is 23.4 Å². The molecule has 1 saturated heterocycles. The molecule has 1 aliphatic rings. The highest BCUT2D eigenvalue weighted by molar-refractivity contribution is 6.01. The van der Waals surface area contributed by atoms with E-state index in [-0.39, 0.29) is 11.6 Å². The van der Waals surface area contributed by atoms with Gasteiger partial charge in [-0.05, 0) is 69.5 Å². The molecule has 0 amide bonds. The lowest BCUT2D eigenvalue weighted by molar-refractivity contribution is 0.0543. The van der Waals surface area contributed by atoms with Gasteiger partial charge in [0.05, 0.1) is 5.52 Å². The molecular weight excluding hydrogens is 492 g/mol. The topological polar surface area (TPSA) is 95.1 Å². The number of fused-ring (bicyclic) bond motifs is 2. The number of carbonyl (C=O) groups is 1. The van der Waals surface area contributed by atoms with Gasteiger partial charge in [-0.15, -0.1) is 0 Å². The standard InChI is InChI=1S/C30H30N6O3/c1-30(2,3)39-29(38)36-18-24(22-7-6-13-31-28(22)36)20-9-10-25-23(17-20)27(33-19-32-25)34-15-11-21(12-16-34)35-14-5-4-8-26(35)37/h4-10,13-14,17-19,21H,11-12,15-16H2,1-3H3. The lowest BCUT2D eigenvalue weighted by atomic mass is 10.0. The van der Waals surface area contributed by atoms with Gasteiger partial charge in [0.25, 0.3) is 5.56 Å². The molecular formula is C30H30N6O3. The van der Waals surface area contributed by atoms with Crippen LogP contribution in [0.3, 0.4) is 0 Å². The van der Waals surface area contributed by atoms with Crippen LogP contribution in [0.2, 0.25) is 0 Å². The first-order valence-corrected chi connectivity index (χ1v) is 13.2. The lowest BCUT2D eigenvalue weighted by Gasteiger charge is -2.34. The minimum atomic E-state index is -0.625. The number of carbonyl (C=O) groups excluding carboxylic acids is 1. The maximum atomic E-state index is 13.0. The van der Waals surface area contributed by atoms with Crippen LogP contribution in [-0.4, -0.2) is 48.9 Å². The van der Waals surface area contributed by atoms with Crippen LogP contribution in [0.15, 0.2) is 78.2 Å². The molecule has 1 aliphatic heterocycles. The molecule has 0 N–H and O–H groups in total. The third-order valence-corrected chi connectivity index (χ3v) is 7.09. The molecule has 0 aliphatic carbocycles. The Kier molecular flexibility index (Phi) is 6.13. The molecule has 39 heavy (non-hydrogen) atoms. The van der Waals surface area contributed by atoms with E-state index in [1.165, 1.54) is 4.57 Å². The molecule has 0 unspecified atom stereocenters. The minimum absolute atomic E-state index is 0.0353. The van der Waals surface area contributed by atoms with Crippen molar-refractivity contribution in [2.75, 3.05) is 18.0 Å². The molecule has 9 nitrogen and oxygen atoms in total. The Morgan fingerprint density at radius 1 is 0.974 bits per heavy atom. The van der Waals surface area contributed by atoms with E-state index in [0.717, 1.165) is 59.2 Å². The van der Waals surface area contributed by atoms with Crippen molar-refractivity contribution in [1.82, 2.24) is 24.1 Å². The van der Waals surface area contributed by atoms with Gasteiger partial charge < -0.3 is 14.2 Å². The molecule has 0 atom stereocenters. The third kappa shape index (κ3) is 4.76. The Morgan fingerprint density at radius 2 is 1.79 bits per heavy atom. The third-order valence-electron chi connectivity index (χ3n) is 7.09. The number of nitrogens with zero attached hydrogens (tertiary/aromatic N) is 6. The highest BCUT2D eigenvalue weighted by Crippen LogP contribution is 2.35. The number of hydrogen-bond donors (Lipinski definition) is 0. The first kappa shape index (κ1) is 24.8. The SMILES string of the molecule is CC(C)(C)OC(=O)n1cc(-c2ccc3ncnc(N4CCC(n5ccccc5=O)CC4)c3c2)c2cccnc21. The number of ether oxygens (including phenoxy) is 1. The van der Waals surface area contributed by atoms with Crippen LogP contribution in [0.5, 0.6) is 0 Å². The largest absolute Gasteiger partial charge is 0.443 e. The summed E-state index contributed by atoms with van der Waals surface area (Å²) in [5.41, 5.74) is 2.61. The fourth-order valence-electron chi connectivity index (χ4n) is 5.30. The van der Waals surface area contributed by atoms with E-state index in [0.29, 0.717) is 5.65 Å². The van der Waals surface area contributed by atoms with Gasteiger partial charge in [-0.2, -0.15) is 0 Å². The number of hydrogen-bond acceptors (Lipinski definition) is 7. The predicted molar refractivity (Wildman–Crippen MR) is 151 cm³/mol. The van der Waals surface area contributed by atoms with Crippen LogP contribution in [0.4, 0.5) is 10.6 Å². The van der Waals surface area contributed by atoms with Gasteiger partial charge in [-0.3, -0.25) is 4.79 Å². The summed E-state index contributed by atoms with van der Waals surface area (Å²) in [6.45, 7) is 7.10. The van der Waals surface area contributed by atoms with Crippen molar-refractivity contribution in [2.45, 2.75) is 45.3 Å². The van der Waals surface area contributed by atoms with Gasteiger partial charge >= 0.3 is 6.09 Å². The molecule has 6 rings (SSSR count). The molecule has 198 valence electrons. The second kappa shape index (κ2) is 9.65. The van der Waals surface area contributed by atoms with Gasteiger partial charge in [-0.25, -0.2) is 24.3 Å². The normalized spacial score (nSPS) is 14.7. The zero-order valence-corrected chi connectivity index (χ0v) is 22.2. The molecule has 5 heterocycles. The van der Waals surface area contributed by atoms with E-state index in [2.05, 4.69) is 25.9 Å². The first-order chi connectivity index (χ1) is 18.8. The van der Waals surface area contributed by atoms with E-state index >= 15 is 0 Å². The maximum absolute atomic E-state index is 13.0. The van der Waals surface area contributed by atoms with Crippen molar-refractivity contribution in [3.8, 4) is 11.1 Å². The summed E-state index contributed by atoms with van der Waals surface area (Å²) in [5, 5.41) is 1.79. The molecule has 0 bridgehead atoms. The number of piperidine rings is 1. The quantitative estimate of drug-likeness (QED) is 0.312. The minimum Gasteiger partial charge on any atom is -0.443 e. The first-order valence-electron chi connectivity index (χ1n) is 13.2.